The molecule has 0 aromatic heterocycles. The Bertz CT molecular complexity index is 100.0. The van der Waals surface area contributed by atoms with Crippen molar-refractivity contribution in [3.8, 4) is 0 Å². The zero-order valence-corrected chi connectivity index (χ0v) is 9.13. The fourth-order valence-electron chi connectivity index (χ4n) is 1.11. The molecule has 1 rings (SSSR count). The third-order valence-corrected chi connectivity index (χ3v) is 1.78. The van der Waals surface area contributed by atoms with Crippen molar-refractivity contribution in [2.75, 3.05) is 0 Å². The van der Waals surface area contributed by atoms with Crippen LogP contribution in [0.4, 0.5) is 0 Å². The van der Waals surface area contributed by atoms with Crippen molar-refractivity contribution in [2.45, 2.75) is 51.9 Å². The number of rotatable bonds is 2. The molecule has 0 atom stereocenters. The second-order valence-corrected chi connectivity index (χ2v) is 3.07. The Hall–Kier alpha value is -0.0105. The van der Waals surface area contributed by atoms with E-state index in [1.165, 1.54) is 32.1 Å². The molecule has 0 radical (unpaired) electrons. The Balaban J connectivity index is 0. The summed E-state index contributed by atoms with van der Waals surface area (Å²) in [5.74, 6) is -0.711. The van der Waals surface area contributed by atoms with Gasteiger partial charge in [-0.15, -0.1) is 0 Å². The molecule has 0 spiro atoms. The molecule has 13 heavy (non-hydrogen) atoms. The summed E-state index contributed by atoms with van der Waals surface area (Å²) in [7, 11) is 0. The Kier molecular flexibility index (Phi) is 14.3. The van der Waals surface area contributed by atoms with E-state index in [9.17, 15) is 4.79 Å². The average molecular weight is 235 g/mol. The van der Waals surface area contributed by atoms with Gasteiger partial charge in [0.2, 0.25) is 0 Å². The Labute approximate surface area is 91.6 Å². The van der Waals surface area contributed by atoms with E-state index in [2.05, 4.69) is 6.42 Å². The molecular formula is C10H19CuO2. The number of aliphatic carboxylic acids is 1. The molecule has 82 valence electrons. The maximum atomic E-state index is 9.60. The summed E-state index contributed by atoms with van der Waals surface area (Å²) >= 11 is 0. The molecule has 2 nitrogen and oxygen atoms in total. The van der Waals surface area contributed by atoms with E-state index in [4.69, 9.17) is 5.11 Å². The van der Waals surface area contributed by atoms with E-state index in [0.29, 0.717) is 6.42 Å². The van der Waals surface area contributed by atoms with Crippen molar-refractivity contribution in [1.82, 2.24) is 0 Å². The molecule has 0 aliphatic heterocycles. The molecule has 1 N–H and O–H groups in total. The number of hydrogen-bond acceptors (Lipinski definition) is 1. The summed E-state index contributed by atoms with van der Waals surface area (Å²) in [5.41, 5.74) is 0. The molecule has 1 aliphatic carbocycles. The third-order valence-electron chi connectivity index (χ3n) is 1.78. The van der Waals surface area contributed by atoms with E-state index in [1.807, 2.05) is 6.92 Å². The summed E-state index contributed by atoms with van der Waals surface area (Å²) in [5, 5.41) is 7.91. The van der Waals surface area contributed by atoms with Crippen LogP contribution in [0.5, 0.6) is 0 Å². The van der Waals surface area contributed by atoms with E-state index in [1.54, 1.807) is 0 Å². The topological polar surface area (TPSA) is 37.3 Å². The van der Waals surface area contributed by atoms with Crippen LogP contribution in [0, 0.1) is 6.42 Å². The Morgan fingerprint density at radius 3 is 1.92 bits per heavy atom. The van der Waals surface area contributed by atoms with Crippen LogP contribution in [-0.2, 0) is 21.9 Å². The van der Waals surface area contributed by atoms with E-state index >= 15 is 0 Å². The van der Waals surface area contributed by atoms with Crippen molar-refractivity contribution in [3.63, 3.8) is 0 Å². The van der Waals surface area contributed by atoms with Crippen LogP contribution in [0.2, 0.25) is 0 Å². The zero-order valence-electron chi connectivity index (χ0n) is 8.18. The summed E-state index contributed by atoms with van der Waals surface area (Å²) in [6.07, 6.45) is 10.5. The van der Waals surface area contributed by atoms with Crippen molar-refractivity contribution in [1.29, 1.82) is 0 Å². The monoisotopic (exact) mass is 234 g/mol. The molecule has 1 aliphatic rings. The number of carboxylic acid groups (broad SMARTS) is 1. The van der Waals surface area contributed by atoms with Gasteiger partial charge in [0.1, 0.15) is 0 Å². The van der Waals surface area contributed by atoms with Crippen LogP contribution in [0.15, 0.2) is 0 Å². The molecule has 1 fully saturated rings. The van der Waals surface area contributed by atoms with Gasteiger partial charge in [0.05, 0.1) is 0 Å². The second-order valence-electron chi connectivity index (χ2n) is 3.07. The number of carbonyl (C=O) groups is 1. The molecule has 1 saturated carbocycles. The van der Waals surface area contributed by atoms with Crippen molar-refractivity contribution < 1.29 is 27.0 Å². The van der Waals surface area contributed by atoms with E-state index < -0.39 is 5.97 Å². The molecule has 0 heterocycles. The zero-order chi connectivity index (χ0) is 9.23. The van der Waals surface area contributed by atoms with Crippen LogP contribution >= 0.6 is 0 Å². The minimum Gasteiger partial charge on any atom is -0.481 e. The smallest absolute Gasteiger partial charge is 0.481 e. The van der Waals surface area contributed by atoms with Gasteiger partial charge in [0.15, 0.2) is 0 Å². The molecule has 0 amide bonds. The quantitative estimate of drug-likeness (QED) is 0.589. The normalized spacial score (nSPS) is 14.8. The van der Waals surface area contributed by atoms with Gasteiger partial charge in [0, 0.05) is 6.42 Å². The van der Waals surface area contributed by atoms with Gasteiger partial charge < -0.3 is 11.5 Å². The fourth-order valence-corrected chi connectivity index (χ4v) is 1.11. The standard InChI is InChI=1S/C6H11.C4H8O2.Cu/c1-2-4-6-5-3-1;1-2-3-4(5)6;/h1H,2-6H2;2-3H2,1H3,(H,5,6);/q-1;;+1. The first-order valence-corrected chi connectivity index (χ1v) is 4.80. The summed E-state index contributed by atoms with van der Waals surface area (Å²) in [4.78, 5) is 9.60. The van der Waals surface area contributed by atoms with Crippen molar-refractivity contribution in [2.24, 2.45) is 0 Å². The molecule has 3 heteroatoms. The van der Waals surface area contributed by atoms with Gasteiger partial charge in [-0.25, -0.2) is 0 Å². The third kappa shape index (κ3) is 14.8. The van der Waals surface area contributed by atoms with Gasteiger partial charge >= 0.3 is 23.0 Å². The predicted octanol–water partition coefficient (Wildman–Crippen LogP) is 3.02. The molecule has 0 bridgehead atoms. The average Bonchev–Trinajstić information content (AvgIpc) is 2.08. The molecule has 0 aromatic carbocycles. The first-order valence-electron chi connectivity index (χ1n) is 4.80. The van der Waals surface area contributed by atoms with Crippen molar-refractivity contribution >= 4 is 5.97 Å². The van der Waals surface area contributed by atoms with Crippen LogP contribution in [0.1, 0.15) is 51.9 Å². The van der Waals surface area contributed by atoms with Crippen LogP contribution in [0.3, 0.4) is 0 Å². The Morgan fingerprint density at radius 2 is 1.85 bits per heavy atom. The maximum Gasteiger partial charge on any atom is 1.00 e. The molecule has 0 aromatic rings. The van der Waals surface area contributed by atoms with Gasteiger partial charge in [0.25, 0.3) is 0 Å². The summed E-state index contributed by atoms with van der Waals surface area (Å²) < 4.78 is 0. The predicted molar refractivity (Wildman–Crippen MR) is 49.9 cm³/mol. The van der Waals surface area contributed by atoms with Crippen LogP contribution in [-0.4, -0.2) is 11.1 Å². The SMILES string of the molecule is CCCC(=O)O.[CH-]1CCCCC1.[Cu+]. The van der Waals surface area contributed by atoms with Crippen LogP contribution < -0.4 is 0 Å². The first-order chi connectivity index (χ1) is 5.77. The first kappa shape index (κ1) is 15.5. The Morgan fingerprint density at radius 1 is 1.31 bits per heavy atom. The van der Waals surface area contributed by atoms with E-state index in [-0.39, 0.29) is 17.1 Å². The summed E-state index contributed by atoms with van der Waals surface area (Å²) in [6.45, 7) is 1.84. The minimum absolute atomic E-state index is 0. The fraction of sp³-hybridized carbons (Fsp3) is 0.800. The largest absolute Gasteiger partial charge is 1.00 e. The number of hydrogen-bond donors (Lipinski definition) is 1. The maximum absolute atomic E-state index is 9.60. The van der Waals surface area contributed by atoms with E-state index in [0.717, 1.165) is 6.42 Å². The van der Waals surface area contributed by atoms with Gasteiger partial charge in [-0.05, 0) is 6.42 Å². The van der Waals surface area contributed by atoms with Crippen molar-refractivity contribution in [3.05, 3.63) is 6.42 Å². The second kappa shape index (κ2) is 12.0. The number of carboxylic acids is 1. The minimum atomic E-state index is -0.711. The van der Waals surface area contributed by atoms with Gasteiger partial charge in [-0.3, -0.25) is 4.79 Å². The molecule has 0 saturated heterocycles. The van der Waals surface area contributed by atoms with Crippen LogP contribution in [0.25, 0.3) is 0 Å². The van der Waals surface area contributed by atoms with Gasteiger partial charge in [-0.1, -0.05) is 26.2 Å². The van der Waals surface area contributed by atoms with Gasteiger partial charge in [-0.2, -0.15) is 12.8 Å². The molecule has 0 unspecified atom stereocenters. The molecular weight excluding hydrogens is 216 g/mol. The summed E-state index contributed by atoms with van der Waals surface area (Å²) in [6, 6.07) is 0.